The van der Waals surface area contributed by atoms with Gasteiger partial charge in [0, 0.05) is 6.07 Å². The minimum Gasteiger partial charge on any atom is -0.481 e. The molecule has 0 spiro atoms. The van der Waals surface area contributed by atoms with Gasteiger partial charge in [0.2, 0.25) is 11.8 Å². The molecule has 12 heteroatoms. The Kier molecular flexibility index (Phi) is 3.45. The number of carbonyl (C=O) groups is 1. The summed E-state index contributed by atoms with van der Waals surface area (Å²) >= 11 is 0. The van der Waals surface area contributed by atoms with E-state index in [-0.39, 0.29) is 40.8 Å². The highest BCUT2D eigenvalue weighted by molar-refractivity contribution is 6.24. The van der Waals surface area contributed by atoms with Crippen LogP contribution in [0.4, 0.5) is 24.8 Å². The number of hydrogen-bond donors (Lipinski definition) is 2. The molecule has 27 heavy (non-hydrogen) atoms. The Morgan fingerprint density at radius 2 is 2.11 bits per heavy atom. The molecule has 142 valence electrons. The normalized spacial score (nSPS) is 20.5. The number of ether oxygens (including phenoxy) is 1. The third kappa shape index (κ3) is 2.51. The van der Waals surface area contributed by atoms with Gasteiger partial charge in [-0.05, 0) is 6.92 Å². The van der Waals surface area contributed by atoms with E-state index in [1.165, 1.54) is 13.2 Å². The summed E-state index contributed by atoms with van der Waals surface area (Å²) in [6, 6.07) is 1.42. The highest BCUT2D eigenvalue weighted by atomic mass is 19.4. The number of amides is 1. The highest BCUT2D eigenvalue weighted by Crippen LogP contribution is 2.47. The molecule has 4 rings (SSSR count). The van der Waals surface area contributed by atoms with Crippen molar-refractivity contribution in [3.63, 3.8) is 0 Å². The predicted octanol–water partition coefficient (Wildman–Crippen LogP) is 1.51. The number of carbonyl (C=O) groups excluding carboxylic acids is 1. The zero-order valence-electron chi connectivity index (χ0n) is 14.3. The molecule has 3 N–H and O–H groups in total. The monoisotopic (exact) mass is 381 g/mol. The molecule has 2 aromatic rings. The Bertz CT molecular complexity index is 998. The van der Waals surface area contributed by atoms with Crippen molar-refractivity contribution in [3.8, 4) is 17.4 Å². The third-order valence-electron chi connectivity index (χ3n) is 4.60. The Labute approximate surface area is 150 Å². The van der Waals surface area contributed by atoms with E-state index in [1.807, 2.05) is 0 Å². The van der Waals surface area contributed by atoms with Gasteiger partial charge in [-0.2, -0.15) is 18.3 Å². The first kappa shape index (κ1) is 17.2. The van der Waals surface area contributed by atoms with Crippen molar-refractivity contribution in [2.45, 2.75) is 31.5 Å². The number of anilines is 1. The molecule has 0 saturated heterocycles. The second-order valence-corrected chi connectivity index (χ2v) is 6.33. The molecule has 1 unspecified atom stereocenters. The number of aromatic nitrogens is 4. The fraction of sp³-hybridized carbons (Fsp3) is 0.400. The summed E-state index contributed by atoms with van der Waals surface area (Å²) in [7, 11) is 1.32. The molecule has 1 amide bonds. The molecule has 0 aliphatic carbocycles. The van der Waals surface area contributed by atoms with Crippen LogP contribution in [0.15, 0.2) is 11.1 Å². The lowest BCUT2D eigenvalue weighted by molar-refractivity contribution is -0.137. The number of rotatable bonds is 4. The molecule has 9 nitrogen and oxygen atoms in total. The van der Waals surface area contributed by atoms with Crippen molar-refractivity contribution < 1.29 is 22.7 Å². The topological polar surface area (TPSA) is 120 Å². The molecule has 0 saturated carbocycles. The summed E-state index contributed by atoms with van der Waals surface area (Å²) in [5.74, 6) is 0.459. The lowest BCUT2D eigenvalue weighted by atomic mass is 9.85. The van der Waals surface area contributed by atoms with Crippen LogP contribution in [-0.2, 0) is 16.8 Å². The van der Waals surface area contributed by atoms with Crippen molar-refractivity contribution in [1.82, 2.24) is 19.7 Å². The summed E-state index contributed by atoms with van der Waals surface area (Å²) in [5, 5.41) is 6.73. The van der Waals surface area contributed by atoms with Gasteiger partial charge in [0.15, 0.2) is 11.6 Å². The molecule has 4 heterocycles. The molecular formula is C15H14F3N7O2. The Morgan fingerprint density at radius 3 is 2.78 bits per heavy atom. The SMILES string of the molecule is COc1cc(-c2nc3c4c(n2)NC(=O)C4(C)C(N)=N3)nn1CCC(F)(F)F. The van der Waals surface area contributed by atoms with E-state index >= 15 is 0 Å². The van der Waals surface area contributed by atoms with Crippen LogP contribution < -0.4 is 15.8 Å². The number of nitrogens with one attached hydrogen (secondary N) is 1. The van der Waals surface area contributed by atoms with Gasteiger partial charge in [-0.3, -0.25) is 4.79 Å². The van der Waals surface area contributed by atoms with Crippen LogP contribution in [-0.4, -0.2) is 44.8 Å². The number of nitrogens with zero attached hydrogens (tertiary/aromatic N) is 5. The number of amidine groups is 1. The number of methoxy groups -OCH3 is 1. The minimum absolute atomic E-state index is 0.0933. The quantitative estimate of drug-likeness (QED) is 0.828. The van der Waals surface area contributed by atoms with Crippen molar-refractivity contribution in [1.29, 1.82) is 0 Å². The van der Waals surface area contributed by atoms with Crippen LogP contribution in [0.1, 0.15) is 18.9 Å². The third-order valence-corrected chi connectivity index (χ3v) is 4.60. The second-order valence-electron chi connectivity index (χ2n) is 6.33. The van der Waals surface area contributed by atoms with Gasteiger partial charge in [-0.1, -0.05) is 0 Å². The van der Waals surface area contributed by atoms with Crippen LogP contribution in [0.5, 0.6) is 5.88 Å². The summed E-state index contributed by atoms with van der Waals surface area (Å²) in [5.41, 5.74) is 5.45. The van der Waals surface area contributed by atoms with E-state index < -0.39 is 24.6 Å². The van der Waals surface area contributed by atoms with Gasteiger partial charge < -0.3 is 15.8 Å². The Balaban J connectivity index is 1.75. The molecule has 0 fully saturated rings. The number of nitrogens with two attached hydrogens (primary N) is 1. The number of hydrogen-bond acceptors (Lipinski definition) is 7. The van der Waals surface area contributed by atoms with Crippen LogP contribution in [0.25, 0.3) is 11.5 Å². The first-order valence-electron chi connectivity index (χ1n) is 7.91. The van der Waals surface area contributed by atoms with Crippen LogP contribution in [0.3, 0.4) is 0 Å². The van der Waals surface area contributed by atoms with Crippen LogP contribution >= 0.6 is 0 Å². The lowest BCUT2D eigenvalue weighted by Crippen LogP contribution is -2.42. The molecule has 0 radical (unpaired) electrons. The standard InChI is InChI=1S/C15H14F3N7O2/c1-14-8-10(22-12(14)19)20-9(21-11(8)23-13(14)26)6-5-7(27-2)25(24-6)4-3-15(16,17)18/h5H,3-4H2,1-2H3,(H3,19,20,21,22,23,26). The maximum Gasteiger partial charge on any atom is 0.390 e. The maximum absolute atomic E-state index is 12.5. The second kappa shape index (κ2) is 5.41. The van der Waals surface area contributed by atoms with Crippen molar-refractivity contribution in [3.05, 3.63) is 11.6 Å². The number of aliphatic imine (C=N–C) groups is 1. The van der Waals surface area contributed by atoms with Crippen LogP contribution in [0, 0.1) is 0 Å². The van der Waals surface area contributed by atoms with Gasteiger partial charge in [-0.25, -0.2) is 19.6 Å². The van der Waals surface area contributed by atoms with Crippen molar-refractivity contribution in [2.75, 3.05) is 12.4 Å². The average Bonchev–Trinajstić information content (AvgIpc) is 3.20. The number of alkyl halides is 3. The first-order chi connectivity index (χ1) is 12.6. The fourth-order valence-electron chi connectivity index (χ4n) is 3.08. The molecule has 0 aromatic carbocycles. The largest absolute Gasteiger partial charge is 0.481 e. The van der Waals surface area contributed by atoms with Crippen molar-refractivity contribution in [2.24, 2.45) is 10.7 Å². The van der Waals surface area contributed by atoms with Crippen molar-refractivity contribution >= 4 is 23.4 Å². The predicted molar refractivity (Wildman–Crippen MR) is 87.7 cm³/mol. The first-order valence-corrected chi connectivity index (χ1v) is 7.91. The molecular weight excluding hydrogens is 367 g/mol. The zero-order valence-corrected chi connectivity index (χ0v) is 14.3. The summed E-state index contributed by atoms with van der Waals surface area (Å²) < 4.78 is 43.7. The van der Waals surface area contributed by atoms with E-state index in [2.05, 4.69) is 25.4 Å². The maximum atomic E-state index is 12.5. The Morgan fingerprint density at radius 1 is 1.37 bits per heavy atom. The van der Waals surface area contributed by atoms with Gasteiger partial charge in [-0.15, -0.1) is 0 Å². The molecule has 2 aromatic heterocycles. The molecule has 2 aliphatic heterocycles. The molecule has 1 atom stereocenters. The van der Waals surface area contributed by atoms with Gasteiger partial charge in [0.05, 0.1) is 25.6 Å². The van der Waals surface area contributed by atoms with Crippen LogP contribution in [0.2, 0.25) is 0 Å². The van der Waals surface area contributed by atoms with Gasteiger partial charge in [0.25, 0.3) is 0 Å². The van der Waals surface area contributed by atoms with E-state index in [0.717, 1.165) is 4.68 Å². The smallest absolute Gasteiger partial charge is 0.390 e. The van der Waals surface area contributed by atoms with E-state index in [1.54, 1.807) is 6.92 Å². The van der Waals surface area contributed by atoms with E-state index in [0.29, 0.717) is 5.56 Å². The molecule has 0 bridgehead atoms. The van der Waals surface area contributed by atoms with E-state index in [4.69, 9.17) is 10.5 Å². The van der Waals surface area contributed by atoms with Gasteiger partial charge in [0.1, 0.15) is 22.8 Å². The average molecular weight is 381 g/mol. The summed E-state index contributed by atoms with van der Waals surface area (Å²) in [4.78, 5) is 25.0. The lowest BCUT2D eigenvalue weighted by Gasteiger charge is -2.14. The minimum atomic E-state index is -4.33. The molecule has 2 aliphatic rings. The summed E-state index contributed by atoms with van der Waals surface area (Å²) in [6.07, 6.45) is -5.38. The number of halogens is 3. The Hall–Kier alpha value is -3.18. The zero-order chi connectivity index (χ0) is 19.6. The summed E-state index contributed by atoms with van der Waals surface area (Å²) in [6.45, 7) is 1.21. The highest BCUT2D eigenvalue weighted by Gasteiger charge is 2.53. The fourth-order valence-corrected chi connectivity index (χ4v) is 3.08. The van der Waals surface area contributed by atoms with E-state index in [9.17, 15) is 18.0 Å². The van der Waals surface area contributed by atoms with Gasteiger partial charge >= 0.3 is 6.18 Å². The number of aryl methyl sites for hydroxylation is 1.